The lowest BCUT2D eigenvalue weighted by Gasteiger charge is -2.34. The predicted molar refractivity (Wildman–Crippen MR) is 117 cm³/mol. The summed E-state index contributed by atoms with van der Waals surface area (Å²) < 4.78 is 11.5. The molecule has 0 radical (unpaired) electrons. The number of nitrogens with one attached hydrogen (secondary N) is 1. The van der Waals surface area contributed by atoms with E-state index in [2.05, 4.69) is 35.6 Å². The molecule has 1 N–H and O–H groups in total. The fraction of sp³-hybridized carbons (Fsp3) is 0.269. The Morgan fingerprint density at radius 2 is 1.67 bits per heavy atom. The number of rotatable bonds is 7. The lowest BCUT2D eigenvalue weighted by atomic mass is 9.85. The lowest BCUT2D eigenvalue weighted by molar-refractivity contribution is -0.122. The number of methoxy groups -OCH3 is 1. The van der Waals surface area contributed by atoms with E-state index >= 15 is 0 Å². The molecule has 4 heteroatoms. The molecule has 0 saturated carbocycles. The van der Waals surface area contributed by atoms with E-state index in [0.717, 1.165) is 35.3 Å². The SMILES string of the molecule is COc1ccc(CC(=O)N[C@@H]2c3ccccc3CC[C@@H]2OCc2ccccc2)cc1. The van der Waals surface area contributed by atoms with Crippen LogP contribution in [0.2, 0.25) is 0 Å². The van der Waals surface area contributed by atoms with Gasteiger partial charge in [-0.2, -0.15) is 0 Å². The Labute approximate surface area is 177 Å². The van der Waals surface area contributed by atoms with Crippen LogP contribution in [0.1, 0.15) is 34.7 Å². The van der Waals surface area contributed by atoms with Crippen molar-refractivity contribution in [3.63, 3.8) is 0 Å². The zero-order valence-corrected chi connectivity index (χ0v) is 17.2. The molecule has 1 amide bonds. The second kappa shape index (κ2) is 9.59. The molecule has 0 unspecified atom stereocenters. The van der Waals surface area contributed by atoms with Gasteiger partial charge in [0.15, 0.2) is 0 Å². The monoisotopic (exact) mass is 401 g/mol. The highest BCUT2D eigenvalue weighted by Gasteiger charge is 2.31. The molecule has 3 aromatic carbocycles. The summed E-state index contributed by atoms with van der Waals surface area (Å²) in [5, 5.41) is 3.24. The van der Waals surface area contributed by atoms with Crippen LogP contribution in [-0.4, -0.2) is 19.1 Å². The van der Waals surface area contributed by atoms with Crippen LogP contribution in [0.3, 0.4) is 0 Å². The van der Waals surface area contributed by atoms with Gasteiger partial charge in [0.25, 0.3) is 0 Å². The number of fused-ring (bicyclic) bond motifs is 1. The van der Waals surface area contributed by atoms with Crippen LogP contribution in [0.4, 0.5) is 0 Å². The van der Waals surface area contributed by atoms with E-state index < -0.39 is 0 Å². The van der Waals surface area contributed by atoms with Gasteiger partial charge in [0.2, 0.25) is 5.91 Å². The van der Waals surface area contributed by atoms with Crippen molar-refractivity contribution in [3.05, 3.63) is 101 Å². The van der Waals surface area contributed by atoms with Crippen molar-refractivity contribution in [1.29, 1.82) is 0 Å². The number of hydrogen-bond donors (Lipinski definition) is 1. The summed E-state index contributed by atoms with van der Waals surface area (Å²) in [6.45, 7) is 0.540. The Morgan fingerprint density at radius 1 is 0.933 bits per heavy atom. The molecule has 4 rings (SSSR count). The van der Waals surface area contributed by atoms with Crippen LogP contribution in [-0.2, 0) is 29.0 Å². The first kappa shape index (κ1) is 20.2. The molecule has 3 aromatic rings. The van der Waals surface area contributed by atoms with Crippen molar-refractivity contribution in [1.82, 2.24) is 5.32 Å². The van der Waals surface area contributed by atoms with Gasteiger partial charge in [-0.05, 0) is 47.2 Å². The molecule has 4 nitrogen and oxygen atoms in total. The third-order valence-electron chi connectivity index (χ3n) is 5.61. The first-order valence-electron chi connectivity index (χ1n) is 10.4. The van der Waals surface area contributed by atoms with Gasteiger partial charge in [-0.1, -0.05) is 66.7 Å². The summed E-state index contributed by atoms with van der Waals surface area (Å²) in [5.41, 5.74) is 4.54. The topological polar surface area (TPSA) is 47.6 Å². The van der Waals surface area contributed by atoms with Crippen molar-refractivity contribution >= 4 is 5.91 Å². The Morgan fingerprint density at radius 3 is 2.43 bits per heavy atom. The third kappa shape index (κ3) is 4.89. The molecule has 0 spiro atoms. The maximum absolute atomic E-state index is 12.9. The molecular formula is C26H27NO3. The molecule has 2 atom stereocenters. The van der Waals surface area contributed by atoms with Crippen molar-refractivity contribution < 1.29 is 14.3 Å². The summed E-state index contributed by atoms with van der Waals surface area (Å²) in [4.78, 5) is 12.9. The van der Waals surface area contributed by atoms with Gasteiger partial charge in [0.05, 0.1) is 32.3 Å². The summed E-state index contributed by atoms with van der Waals surface area (Å²) in [7, 11) is 1.64. The number of carbonyl (C=O) groups excluding carboxylic acids is 1. The van der Waals surface area contributed by atoms with Gasteiger partial charge in [-0.25, -0.2) is 0 Å². The van der Waals surface area contributed by atoms with E-state index in [1.54, 1.807) is 7.11 Å². The Hall–Kier alpha value is -3.11. The van der Waals surface area contributed by atoms with Crippen molar-refractivity contribution in [2.45, 2.75) is 38.0 Å². The van der Waals surface area contributed by atoms with Crippen LogP contribution < -0.4 is 10.1 Å². The maximum atomic E-state index is 12.9. The second-order valence-corrected chi connectivity index (χ2v) is 7.64. The zero-order valence-electron chi connectivity index (χ0n) is 17.2. The summed E-state index contributed by atoms with van der Waals surface area (Å²) >= 11 is 0. The Bertz CT molecular complexity index is 969. The summed E-state index contributed by atoms with van der Waals surface area (Å²) in [6, 6.07) is 26.0. The smallest absolute Gasteiger partial charge is 0.224 e. The van der Waals surface area contributed by atoms with Gasteiger partial charge >= 0.3 is 0 Å². The fourth-order valence-corrected chi connectivity index (χ4v) is 4.01. The maximum Gasteiger partial charge on any atom is 0.224 e. The Balaban J connectivity index is 1.47. The number of amides is 1. The molecule has 1 aliphatic rings. The van der Waals surface area contributed by atoms with E-state index in [0.29, 0.717) is 13.0 Å². The minimum absolute atomic E-state index is 0.00446. The first-order chi connectivity index (χ1) is 14.7. The van der Waals surface area contributed by atoms with Gasteiger partial charge in [0, 0.05) is 0 Å². The van der Waals surface area contributed by atoms with E-state index in [-0.39, 0.29) is 18.1 Å². The molecule has 30 heavy (non-hydrogen) atoms. The number of aryl methyl sites for hydroxylation is 1. The first-order valence-corrected chi connectivity index (χ1v) is 10.4. The average Bonchev–Trinajstić information content (AvgIpc) is 2.79. The van der Waals surface area contributed by atoms with Crippen LogP contribution in [0.25, 0.3) is 0 Å². The number of carbonyl (C=O) groups is 1. The summed E-state index contributed by atoms with van der Waals surface area (Å²) in [5.74, 6) is 0.782. The molecule has 154 valence electrons. The fourth-order valence-electron chi connectivity index (χ4n) is 4.01. The summed E-state index contributed by atoms with van der Waals surface area (Å²) in [6.07, 6.45) is 2.12. The van der Waals surface area contributed by atoms with Gasteiger partial charge in [-0.15, -0.1) is 0 Å². The minimum atomic E-state index is -0.149. The van der Waals surface area contributed by atoms with E-state index in [9.17, 15) is 4.79 Å². The number of hydrogen-bond acceptors (Lipinski definition) is 3. The third-order valence-corrected chi connectivity index (χ3v) is 5.61. The van der Waals surface area contributed by atoms with E-state index in [1.807, 2.05) is 48.5 Å². The van der Waals surface area contributed by atoms with E-state index in [4.69, 9.17) is 9.47 Å². The molecule has 0 aliphatic heterocycles. The molecular weight excluding hydrogens is 374 g/mol. The van der Waals surface area contributed by atoms with Crippen LogP contribution in [0.5, 0.6) is 5.75 Å². The largest absolute Gasteiger partial charge is 0.497 e. The quantitative estimate of drug-likeness (QED) is 0.628. The highest BCUT2D eigenvalue weighted by Crippen LogP contribution is 2.32. The van der Waals surface area contributed by atoms with Gasteiger partial charge in [0.1, 0.15) is 5.75 Å². The molecule has 0 bridgehead atoms. The zero-order chi connectivity index (χ0) is 20.8. The van der Waals surface area contributed by atoms with Crippen molar-refractivity contribution in [2.75, 3.05) is 7.11 Å². The molecule has 0 heterocycles. The minimum Gasteiger partial charge on any atom is -0.497 e. The van der Waals surface area contributed by atoms with Crippen LogP contribution in [0, 0.1) is 0 Å². The Kier molecular flexibility index (Phi) is 6.45. The molecule has 0 saturated heterocycles. The van der Waals surface area contributed by atoms with Gasteiger partial charge < -0.3 is 14.8 Å². The standard InChI is InChI=1S/C26H27NO3/c1-29-22-14-11-19(12-15-22)17-25(28)27-26-23-10-6-5-9-21(23)13-16-24(26)30-18-20-7-3-2-4-8-20/h2-12,14-15,24,26H,13,16-18H2,1H3,(H,27,28)/t24-,26+/m0/s1. The normalized spacial score (nSPS) is 17.8. The predicted octanol–water partition coefficient (Wildman–Crippen LogP) is 4.63. The highest BCUT2D eigenvalue weighted by molar-refractivity contribution is 5.79. The number of ether oxygens (including phenoxy) is 2. The molecule has 1 aliphatic carbocycles. The van der Waals surface area contributed by atoms with Crippen LogP contribution >= 0.6 is 0 Å². The van der Waals surface area contributed by atoms with Crippen molar-refractivity contribution in [2.24, 2.45) is 0 Å². The lowest BCUT2D eigenvalue weighted by Crippen LogP contribution is -2.41. The van der Waals surface area contributed by atoms with E-state index in [1.165, 1.54) is 5.56 Å². The van der Waals surface area contributed by atoms with Crippen LogP contribution in [0.15, 0.2) is 78.9 Å². The number of benzene rings is 3. The van der Waals surface area contributed by atoms with Crippen molar-refractivity contribution in [3.8, 4) is 5.75 Å². The average molecular weight is 402 g/mol. The molecule has 0 fully saturated rings. The van der Waals surface area contributed by atoms with Gasteiger partial charge in [-0.3, -0.25) is 4.79 Å². The second-order valence-electron chi connectivity index (χ2n) is 7.64. The molecule has 0 aromatic heterocycles. The highest BCUT2D eigenvalue weighted by atomic mass is 16.5.